The smallest absolute Gasteiger partial charge is 0.161 e. The minimum Gasteiger partial charge on any atom is -0.493 e. The summed E-state index contributed by atoms with van der Waals surface area (Å²) in [5.41, 5.74) is 0. The third-order valence-electron chi connectivity index (χ3n) is 2.49. The molecule has 0 aliphatic carbocycles. The summed E-state index contributed by atoms with van der Waals surface area (Å²) >= 11 is 5.79. The Kier molecular flexibility index (Phi) is 4.93. The van der Waals surface area contributed by atoms with Crippen molar-refractivity contribution in [1.82, 2.24) is 0 Å². The number of rotatable bonds is 6. The molecule has 0 saturated carbocycles. The molecule has 0 spiro atoms. The summed E-state index contributed by atoms with van der Waals surface area (Å²) in [5.74, 6) is 2.20. The predicted molar refractivity (Wildman–Crippen MR) is 75.4 cm³/mol. The molecule has 0 aliphatic rings. The van der Waals surface area contributed by atoms with E-state index in [1.165, 1.54) is 0 Å². The normalized spacial score (nSPS) is 10.0. The van der Waals surface area contributed by atoms with Gasteiger partial charge in [-0.1, -0.05) is 23.7 Å². The van der Waals surface area contributed by atoms with Gasteiger partial charge in [0, 0.05) is 5.02 Å². The standard InChI is InChI=1S/C15H15ClO3/c1-17-14-4-2-3-5-15(14)19-11-10-18-13-8-6-12(16)7-9-13/h2-9H,10-11H2,1H3. The molecule has 0 aliphatic heterocycles. The largest absolute Gasteiger partial charge is 0.493 e. The third kappa shape index (κ3) is 4.07. The van der Waals surface area contributed by atoms with Crippen LogP contribution in [0.25, 0.3) is 0 Å². The molecule has 0 unspecified atom stereocenters. The molecule has 0 heterocycles. The Hall–Kier alpha value is -1.87. The SMILES string of the molecule is COc1ccccc1OCCOc1ccc(Cl)cc1. The second-order valence-corrected chi connectivity index (χ2v) is 4.24. The maximum Gasteiger partial charge on any atom is 0.161 e. The molecular weight excluding hydrogens is 264 g/mol. The van der Waals surface area contributed by atoms with E-state index in [-0.39, 0.29) is 0 Å². The highest BCUT2D eigenvalue weighted by Crippen LogP contribution is 2.25. The number of para-hydroxylation sites is 2. The van der Waals surface area contributed by atoms with E-state index in [0.29, 0.717) is 29.7 Å². The van der Waals surface area contributed by atoms with Crippen molar-refractivity contribution >= 4 is 11.6 Å². The molecule has 2 aromatic carbocycles. The number of halogens is 1. The van der Waals surface area contributed by atoms with Gasteiger partial charge in [-0.25, -0.2) is 0 Å². The minimum absolute atomic E-state index is 0.447. The fourth-order valence-electron chi connectivity index (χ4n) is 1.58. The lowest BCUT2D eigenvalue weighted by Crippen LogP contribution is -2.09. The number of hydrogen-bond acceptors (Lipinski definition) is 3. The summed E-state index contributed by atoms with van der Waals surface area (Å²) in [5, 5.41) is 0.692. The Bertz CT molecular complexity index is 511. The zero-order chi connectivity index (χ0) is 13.5. The lowest BCUT2D eigenvalue weighted by Gasteiger charge is -2.11. The van der Waals surface area contributed by atoms with Crippen LogP contribution in [0.2, 0.25) is 5.02 Å². The first kappa shape index (κ1) is 13.6. The molecular formula is C15H15ClO3. The Morgan fingerprint density at radius 1 is 0.842 bits per heavy atom. The van der Waals surface area contributed by atoms with E-state index in [1.54, 1.807) is 19.2 Å². The number of benzene rings is 2. The van der Waals surface area contributed by atoms with Crippen molar-refractivity contribution in [3.63, 3.8) is 0 Å². The zero-order valence-corrected chi connectivity index (χ0v) is 11.4. The van der Waals surface area contributed by atoms with Crippen molar-refractivity contribution < 1.29 is 14.2 Å². The summed E-state index contributed by atoms with van der Waals surface area (Å²) in [6, 6.07) is 14.7. The summed E-state index contributed by atoms with van der Waals surface area (Å²) in [6.07, 6.45) is 0. The van der Waals surface area contributed by atoms with E-state index in [0.717, 1.165) is 5.75 Å². The van der Waals surface area contributed by atoms with Crippen LogP contribution in [0.4, 0.5) is 0 Å². The van der Waals surface area contributed by atoms with Crippen molar-refractivity contribution in [1.29, 1.82) is 0 Å². The van der Waals surface area contributed by atoms with Crippen LogP contribution in [0.3, 0.4) is 0 Å². The predicted octanol–water partition coefficient (Wildman–Crippen LogP) is 3.81. The van der Waals surface area contributed by atoms with Crippen LogP contribution in [0.1, 0.15) is 0 Å². The molecule has 2 aromatic rings. The van der Waals surface area contributed by atoms with Crippen LogP contribution in [-0.2, 0) is 0 Å². The monoisotopic (exact) mass is 278 g/mol. The molecule has 4 heteroatoms. The van der Waals surface area contributed by atoms with Crippen molar-refractivity contribution in [3.8, 4) is 17.2 Å². The van der Waals surface area contributed by atoms with Crippen LogP contribution >= 0.6 is 11.6 Å². The average molecular weight is 279 g/mol. The molecule has 0 atom stereocenters. The van der Waals surface area contributed by atoms with Crippen LogP contribution in [-0.4, -0.2) is 20.3 Å². The summed E-state index contributed by atoms with van der Waals surface area (Å²) in [6.45, 7) is 0.905. The number of hydrogen-bond donors (Lipinski definition) is 0. The van der Waals surface area contributed by atoms with Crippen LogP contribution in [0.15, 0.2) is 48.5 Å². The second-order valence-electron chi connectivity index (χ2n) is 3.80. The number of ether oxygens (including phenoxy) is 3. The van der Waals surface area contributed by atoms with E-state index in [9.17, 15) is 0 Å². The maximum absolute atomic E-state index is 5.79. The maximum atomic E-state index is 5.79. The summed E-state index contributed by atoms with van der Waals surface area (Å²) in [7, 11) is 1.62. The molecule has 19 heavy (non-hydrogen) atoms. The highest BCUT2D eigenvalue weighted by atomic mass is 35.5. The lowest BCUT2D eigenvalue weighted by molar-refractivity contribution is 0.211. The van der Waals surface area contributed by atoms with Gasteiger partial charge in [0.05, 0.1) is 7.11 Å². The molecule has 0 amide bonds. The van der Waals surface area contributed by atoms with Crippen molar-refractivity contribution in [2.24, 2.45) is 0 Å². The molecule has 0 aromatic heterocycles. The van der Waals surface area contributed by atoms with E-state index < -0.39 is 0 Å². The first-order valence-corrected chi connectivity index (χ1v) is 6.31. The Labute approximate surface area is 117 Å². The second kappa shape index (κ2) is 6.90. The fourth-order valence-corrected chi connectivity index (χ4v) is 1.71. The molecule has 0 fully saturated rings. The van der Waals surface area contributed by atoms with Crippen molar-refractivity contribution in [2.45, 2.75) is 0 Å². The molecule has 3 nitrogen and oxygen atoms in total. The van der Waals surface area contributed by atoms with E-state index >= 15 is 0 Å². The Morgan fingerprint density at radius 2 is 1.47 bits per heavy atom. The minimum atomic E-state index is 0.447. The summed E-state index contributed by atoms with van der Waals surface area (Å²) in [4.78, 5) is 0. The van der Waals surface area contributed by atoms with Crippen LogP contribution in [0.5, 0.6) is 17.2 Å². The fraction of sp³-hybridized carbons (Fsp3) is 0.200. The van der Waals surface area contributed by atoms with Crippen molar-refractivity contribution in [3.05, 3.63) is 53.6 Å². The van der Waals surface area contributed by atoms with Gasteiger partial charge in [-0.2, -0.15) is 0 Å². The van der Waals surface area contributed by atoms with Gasteiger partial charge in [-0.05, 0) is 36.4 Å². The van der Waals surface area contributed by atoms with Gasteiger partial charge in [0.25, 0.3) is 0 Å². The van der Waals surface area contributed by atoms with Gasteiger partial charge in [0.15, 0.2) is 11.5 Å². The molecule has 0 bridgehead atoms. The van der Waals surface area contributed by atoms with Crippen molar-refractivity contribution in [2.75, 3.05) is 20.3 Å². The zero-order valence-electron chi connectivity index (χ0n) is 10.6. The number of methoxy groups -OCH3 is 1. The molecule has 0 saturated heterocycles. The first-order chi connectivity index (χ1) is 9.29. The Morgan fingerprint density at radius 3 is 2.16 bits per heavy atom. The van der Waals surface area contributed by atoms with Gasteiger partial charge < -0.3 is 14.2 Å². The van der Waals surface area contributed by atoms with Gasteiger partial charge in [-0.3, -0.25) is 0 Å². The molecule has 0 N–H and O–H groups in total. The third-order valence-corrected chi connectivity index (χ3v) is 2.74. The van der Waals surface area contributed by atoms with Crippen LogP contribution in [0, 0.1) is 0 Å². The highest BCUT2D eigenvalue weighted by molar-refractivity contribution is 6.30. The van der Waals surface area contributed by atoms with E-state index in [1.807, 2.05) is 36.4 Å². The molecule has 100 valence electrons. The lowest BCUT2D eigenvalue weighted by atomic mass is 10.3. The topological polar surface area (TPSA) is 27.7 Å². The summed E-state index contributed by atoms with van der Waals surface area (Å²) < 4.78 is 16.3. The van der Waals surface area contributed by atoms with Gasteiger partial charge in [-0.15, -0.1) is 0 Å². The molecule has 2 rings (SSSR count). The van der Waals surface area contributed by atoms with Gasteiger partial charge in [0.1, 0.15) is 19.0 Å². The van der Waals surface area contributed by atoms with Gasteiger partial charge in [0.2, 0.25) is 0 Å². The van der Waals surface area contributed by atoms with Crippen LogP contribution < -0.4 is 14.2 Å². The van der Waals surface area contributed by atoms with Gasteiger partial charge >= 0.3 is 0 Å². The highest BCUT2D eigenvalue weighted by Gasteiger charge is 2.02. The first-order valence-electron chi connectivity index (χ1n) is 5.94. The average Bonchev–Trinajstić information content (AvgIpc) is 2.46. The van der Waals surface area contributed by atoms with E-state index in [4.69, 9.17) is 25.8 Å². The van der Waals surface area contributed by atoms with E-state index in [2.05, 4.69) is 0 Å². The quantitative estimate of drug-likeness (QED) is 0.752. The Balaban J connectivity index is 1.79. The molecule has 0 radical (unpaired) electrons.